The number of nitrogens with zero attached hydrogens (tertiary/aromatic N) is 2. The number of benzene rings is 1. The van der Waals surface area contributed by atoms with E-state index in [-0.39, 0.29) is 6.04 Å². The van der Waals surface area contributed by atoms with E-state index in [1.54, 1.807) is 6.20 Å². The van der Waals surface area contributed by atoms with Gasteiger partial charge >= 0.3 is 0 Å². The van der Waals surface area contributed by atoms with E-state index in [1.807, 2.05) is 12.3 Å². The Kier molecular flexibility index (Phi) is 3.95. The average molecular weight is 241 g/mol. The maximum Gasteiger partial charge on any atom is 0.0676 e. The van der Waals surface area contributed by atoms with E-state index in [2.05, 4.69) is 54.2 Å². The minimum absolute atomic E-state index is 0.153. The Balaban J connectivity index is 2.28. The van der Waals surface area contributed by atoms with E-state index in [0.29, 0.717) is 6.54 Å². The molecule has 0 saturated heterocycles. The highest BCUT2D eigenvalue weighted by atomic mass is 15.1. The van der Waals surface area contributed by atoms with Crippen molar-refractivity contribution in [1.82, 2.24) is 4.98 Å². The van der Waals surface area contributed by atoms with Crippen molar-refractivity contribution in [2.24, 2.45) is 5.73 Å². The molecule has 1 aromatic heterocycles. The normalized spacial score (nSPS) is 12.2. The molecule has 0 saturated carbocycles. The molecule has 0 aliphatic heterocycles. The molecule has 0 amide bonds. The lowest BCUT2D eigenvalue weighted by Gasteiger charge is -2.29. The highest BCUT2D eigenvalue weighted by Gasteiger charge is 2.15. The summed E-state index contributed by atoms with van der Waals surface area (Å²) in [6.07, 6.45) is 3.66. The van der Waals surface area contributed by atoms with Gasteiger partial charge in [0.05, 0.1) is 6.04 Å². The number of hydrogen-bond donors (Lipinski definition) is 1. The largest absolute Gasteiger partial charge is 0.366 e. The fourth-order valence-electron chi connectivity index (χ4n) is 2.12. The summed E-state index contributed by atoms with van der Waals surface area (Å²) in [6.45, 7) is 2.66. The molecule has 2 aromatic rings. The third-order valence-electron chi connectivity index (χ3n) is 3.17. The van der Waals surface area contributed by atoms with Crippen molar-refractivity contribution < 1.29 is 0 Å². The Bertz CT molecular complexity index is 496. The average Bonchev–Trinajstić information content (AvgIpc) is 2.41. The number of pyridine rings is 1. The van der Waals surface area contributed by atoms with Crippen molar-refractivity contribution in [2.75, 3.05) is 18.5 Å². The second-order valence-electron chi connectivity index (χ2n) is 4.49. The minimum Gasteiger partial charge on any atom is -0.366 e. The van der Waals surface area contributed by atoms with E-state index in [1.165, 1.54) is 11.3 Å². The second-order valence-corrected chi connectivity index (χ2v) is 4.49. The molecule has 0 spiro atoms. The molecule has 1 unspecified atom stereocenters. The number of nitrogens with two attached hydrogens (primary N) is 1. The van der Waals surface area contributed by atoms with E-state index < -0.39 is 0 Å². The molecule has 2 rings (SSSR count). The van der Waals surface area contributed by atoms with Crippen molar-refractivity contribution in [1.29, 1.82) is 0 Å². The van der Waals surface area contributed by atoms with Gasteiger partial charge in [-0.05, 0) is 36.2 Å². The van der Waals surface area contributed by atoms with E-state index in [9.17, 15) is 0 Å². The van der Waals surface area contributed by atoms with Crippen molar-refractivity contribution in [3.63, 3.8) is 0 Å². The van der Waals surface area contributed by atoms with Gasteiger partial charge in [-0.2, -0.15) is 0 Å². The lowest BCUT2D eigenvalue weighted by molar-refractivity contribution is 0.677. The molecule has 0 aliphatic rings. The van der Waals surface area contributed by atoms with Crippen molar-refractivity contribution in [2.45, 2.75) is 13.0 Å². The molecule has 3 nitrogen and oxygen atoms in total. The first-order chi connectivity index (χ1) is 8.72. The molecule has 0 aliphatic carbocycles. The first-order valence-electron chi connectivity index (χ1n) is 6.12. The second kappa shape index (κ2) is 5.65. The predicted octanol–water partition coefficient (Wildman–Crippen LogP) is 2.53. The SMILES string of the molecule is Cc1cccc(N(C)C(CN)c2cccnc2)c1. The van der Waals surface area contributed by atoms with Gasteiger partial charge in [-0.25, -0.2) is 0 Å². The number of anilines is 1. The lowest BCUT2D eigenvalue weighted by atomic mass is 10.1. The molecule has 0 bridgehead atoms. The summed E-state index contributed by atoms with van der Waals surface area (Å²) >= 11 is 0. The summed E-state index contributed by atoms with van der Waals surface area (Å²) in [5, 5.41) is 0. The third-order valence-corrected chi connectivity index (χ3v) is 3.17. The maximum atomic E-state index is 5.91. The summed E-state index contributed by atoms with van der Waals surface area (Å²) in [4.78, 5) is 6.36. The fraction of sp³-hybridized carbons (Fsp3) is 0.267. The van der Waals surface area contributed by atoms with Crippen LogP contribution in [0.3, 0.4) is 0 Å². The first-order valence-corrected chi connectivity index (χ1v) is 6.12. The number of likely N-dealkylation sites (N-methyl/N-ethyl adjacent to an activating group) is 1. The lowest BCUT2D eigenvalue weighted by Crippen LogP contribution is -2.30. The zero-order valence-corrected chi connectivity index (χ0v) is 10.9. The van der Waals surface area contributed by atoms with Crippen LogP contribution in [0.1, 0.15) is 17.2 Å². The van der Waals surface area contributed by atoms with Gasteiger partial charge < -0.3 is 10.6 Å². The van der Waals surface area contributed by atoms with Crippen molar-refractivity contribution >= 4 is 5.69 Å². The zero-order chi connectivity index (χ0) is 13.0. The Morgan fingerprint density at radius 3 is 2.72 bits per heavy atom. The van der Waals surface area contributed by atoms with Crippen LogP contribution < -0.4 is 10.6 Å². The van der Waals surface area contributed by atoms with Crippen molar-refractivity contribution in [3.8, 4) is 0 Å². The molecular formula is C15H19N3. The maximum absolute atomic E-state index is 5.91. The van der Waals surface area contributed by atoms with Gasteiger partial charge in [0.15, 0.2) is 0 Å². The van der Waals surface area contributed by atoms with Crippen LogP contribution in [0.5, 0.6) is 0 Å². The quantitative estimate of drug-likeness (QED) is 0.894. The molecule has 0 radical (unpaired) electrons. The Morgan fingerprint density at radius 1 is 1.28 bits per heavy atom. The smallest absolute Gasteiger partial charge is 0.0676 e. The third kappa shape index (κ3) is 2.68. The fourth-order valence-corrected chi connectivity index (χ4v) is 2.12. The highest BCUT2D eigenvalue weighted by Crippen LogP contribution is 2.24. The molecule has 1 aromatic carbocycles. The number of hydrogen-bond acceptors (Lipinski definition) is 3. The molecule has 1 heterocycles. The van der Waals surface area contributed by atoms with Crippen LogP contribution in [-0.4, -0.2) is 18.6 Å². The molecular weight excluding hydrogens is 222 g/mol. The van der Waals surface area contributed by atoms with Crippen LogP contribution in [0.25, 0.3) is 0 Å². The van der Waals surface area contributed by atoms with E-state index in [4.69, 9.17) is 5.73 Å². The van der Waals surface area contributed by atoms with Gasteiger partial charge in [0.25, 0.3) is 0 Å². The first kappa shape index (κ1) is 12.6. The van der Waals surface area contributed by atoms with E-state index >= 15 is 0 Å². The monoisotopic (exact) mass is 241 g/mol. The Labute approximate surface area is 108 Å². The van der Waals surface area contributed by atoms with E-state index in [0.717, 1.165) is 5.56 Å². The summed E-state index contributed by atoms with van der Waals surface area (Å²) < 4.78 is 0. The van der Waals surface area contributed by atoms with Gasteiger partial charge in [0.1, 0.15) is 0 Å². The van der Waals surface area contributed by atoms with Crippen molar-refractivity contribution in [3.05, 3.63) is 59.9 Å². The molecule has 0 fully saturated rings. The van der Waals surface area contributed by atoms with Crippen LogP contribution in [0.2, 0.25) is 0 Å². The van der Waals surface area contributed by atoms with Crippen LogP contribution in [0, 0.1) is 6.92 Å². The Morgan fingerprint density at radius 2 is 2.11 bits per heavy atom. The summed E-state index contributed by atoms with van der Waals surface area (Å²) in [5.74, 6) is 0. The van der Waals surface area contributed by atoms with Crippen LogP contribution in [0.4, 0.5) is 5.69 Å². The number of rotatable bonds is 4. The van der Waals surface area contributed by atoms with Gasteiger partial charge in [-0.15, -0.1) is 0 Å². The van der Waals surface area contributed by atoms with Gasteiger partial charge in [0.2, 0.25) is 0 Å². The van der Waals surface area contributed by atoms with Crippen LogP contribution in [0.15, 0.2) is 48.8 Å². The number of aryl methyl sites for hydroxylation is 1. The predicted molar refractivity (Wildman–Crippen MR) is 75.6 cm³/mol. The summed E-state index contributed by atoms with van der Waals surface area (Å²) in [6, 6.07) is 12.6. The van der Waals surface area contributed by atoms with Crippen LogP contribution >= 0.6 is 0 Å². The molecule has 1 atom stereocenters. The topological polar surface area (TPSA) is 42.1 Å². The van der Waals surface area contributed by atoms with Gasteiger partial charge in [-0.3, -0.25) is 4.98 Å². The van der Waals surface area contributed by atoms with Gasteiger partial charge in [0, 0.05) is 31.7 Å². The molecule has 3 heteroatoms. The van der Waals surface area contributed by atoms with Crippen LogP contribution in [-0.2, 0) is 0 Å². The molecule has 94 valence electrons. The minimum atomic E-state index is 0.153. The van der Waals surface area contributed by atoms with Gasteiger partial charge in [-0.1, -0.05) is 18.2 Å². The molecule has 2 N–H and O–H groups in total. The number of aromatic nitrogens is 1. The summed E-state index contributed by atoms with van der Waals surface area (Å²) in [7, 11) is 2.07. The standard InChI is InChI=1S/C15H19N3/c1-12-5-3-7-14(9-12)18(2)15(10-16)13-6-4-8-17-11-13/h3-9,11,15H,10,16H2,1-2H3. The summed E-state index contributed by atoms with van der Waals surface area (Å²) in [5.41, 5.74) is 9.48. The Hall–Kier alpha value is -1.87. The zero-order valence-electron chi connectivity index (χ0n) is 10.9. The molecule has 18 heavy (non-hydrogen) atoms. The highest BCUT2D eigenvalue weighted by molar-refractivity contribution is 5.49.